The lowest BCUT2D eigenvalue weighted by Gasteiger charge is -2.29. The van der Waals surface area contributed by atoms with Gasteiger partial charge in [-0.15, -0.1) is 0 Å². The molecule has 1 N–H and O–H groups in total. The molecule has 4 rings (SSSR count). The minimum Gasteiger partial charge on any atom is -0.457 e. The molecule has 0 saturated carbocycles. The second-order valence-electron chi connectivity index (χ2n) is 6.80. The highest BCUT2D eigenvalue weighted by Gasteiger charge is 2.14. The molecule has 2 heterocycles. The number of rotatable bonds is 5. The SMILES string of the molecule is O=C(/C=C/c1ccc(-c2ccc(Br)cc2)o1)Nc1ccc(N2CCOCC2)c(Br)c1. The fourth-order valence-corrected chi connectivity index (χ4v) is 4.09. The van der Waals surface area contributed by atoms with E-state index in [1.807, 2.05) is 54.6 Å². The van der Waals surface area contributed by atoms with Gasteiger partial charge < -0.3 is 19.4 Å². The van der Waals surface area contributed by atoms with Crippen LogP contribution >= 0.6 is 31.9 Å². The summed E-state index contributed by atoms with van der Waals surface area (Å²) in [6.07, 6.45) is 3.13. The average Bonchev–Trinajstić information content (AvgIpc) is 3.23. The molecule has 1 aliphatic rings. The summed E-state index contributed by atoms with van der Waals surface area (Å²) in [5.74, 6) is 1.15. The topological polar surface area (TPSA) is 54.7 Å². The maximum Gasteiger partial charge on any atom is 0.248 e. The Balaban J connectivity index is 1.38. The van der Waals surface area contributed by atoms with Crippen LogP contribution in [0.4, 0.5) is 11.4 Å². The van der Waals surface area contributed by atoms with Gasteiger partial charge in [0, 0.05) is 39.4 Å². The van der Waals surface area contributed by atoms with Crippen molar-refractivity contribution in [3.05, 3.63) is 75.4 Å². The highest BCUT2D eigenvalue weighted by molar-refractivity contribution is 9.10. The van der Waals surface area contributed by atoms with Gasteiger partial charge in [-0.25, -0.2) is 0 Å². The van der Waals surface area contributed by atoms with Gasteiger partial charge in [0.05, 0.1) is 18.9 Å². The summed E-state index contributed by atoms with van der Waals surface area (Å²) in [5, 5.41) is 2.88. The fraction of sp³-hybridized carbons (Fsp3) is 0.174. The quantitative estimate of drug-likeness (QED) is 0.413. The summed E-state index contributed by atoms with van der Waals surface area (Å²) in [4.78, 5) is 14.6. The van der Waals surface area contributed by atoms with Gasteiger partial charge in [0.2, 0.25) is 5.91 Å². The van der Waals surface area contributed by atoms with Crippen molar-refractivity contribution in [2.45, 2.75) is 0 Å². The predicted molar refractivity (Wildman–Crippen MR) is 127 cm³/mol. The number of amides is 1. The molecule has 1 saturated heterocycles. The van der Waals surface area contributed by atoms with Crippen LogP contribution in [-0.4, -0.2) is 32.2 Å². The number of ether oxygens (including phenoxy) is 1. The molecule has 154 valence electrons. The molecule has 0 radical (unpaired) electrons. The predicted octanol–water partition coefficient (Wildman–Crippen LogP) is 5.96. The third kappa shape index (κ3) is 5.22. The highest BCUT2D eigenvalue weighted by atomic mass is 79.9. The third-order valence-corrected chi connectivity index (χ3v) is 5.89. The molecule has 0 spiro atoms. The van der Waals surface area contributed by atoms with Gasteiger partial charge in [-0.2, -0.15) is 0 Å². The molecule has 0 aliphatic carbocycles. The lowest BCUT2D eigenvalue weighted by molar-refractivity contribution is -0.111. The van der Waals surface area contributed by atoms with Crippen LogP contribution in [0.5, 0.6) is 0 Å². The summed E-state index contributed by atoms with van der Waals surface area (Å²) in [7, 11) is 0. The molecule has 0 unspecified atom stereocenters. The van der Waals surface area contributed by atoms with E-state index < -0.39 is 0 Å². The number of nitrogens with zero attached hydrogens (tertiary/aromatic N) is 1. The molecule has 5 nitrogen and oxygen atoms in total. The van der Waals surface area contributed by atoms with Crippen molar-refractivity contribution in [2.75, 3.05) is 36.5 Å². The number of hydrogen-bond acceptors (Lipinski definition) is 4. The molecular weight excluding hydrogens is 512 g/mol. The Morgan fingerprint density at radius 2 is 1.77 bits per heavy atom. The minimum atomic E-state index is -0.220. The Morgan fingerprint density at radius 3 is 2.50 bits per heavy atom. The number of furan rings is 1. The number of halogens is 2. The second-order valence-corrected chi connectivity index (χ2v) is 8.57. The standard InChI is InChI=1S/C23H20Br2N2O3/c24-17-3-1-16(2-4-17)22-9-6-19(30-22)7-10-23(28)26-18-5-8-21(20(25)15-18)27-11-13-29-14-12-27/h1-10,15H,11-14H2,(H,26,28)/b10-7+. The highest BCUT2D eigenvalue weighted by Crippen LogP contribution is 2.30. The van der Waals surface area contributed by atoms with Gasteiger partial charge in [-0.1, -0.05) is 28.1 Å². The van der Waals surface area contributed by atoms with Gasteiger partial charge in [0.1, 0.15) is 11.5 Å². The normalized spacial score (nSPS) is 14.3. The zero-order valence-electron chi connectivity index (χ0n) is 16.1. The van der Waals surface area contributed by atoms with E-state index in [-0.39, 0.29) is 5.91 Å². The molecule has 2 aromatic carbocycles. The van der Waals surface area contributed by atoms with Gasteiger partial charge in [-0.05, 0) is 64.5 Å². The Hall–Kier alpha value is -2.35. The smallest absolute Gasteiger partial charge is 0.248 e. The molecular formula is C23H20Br2N2O3. The van der Waals surface area contributed by atoms with Crippen molar-refractivity contribution >= 4 is 55.2 Å². The lowest BCUT2D eigenvalue weighted by atomic mass is 10.2. The van der Waals surface area contributed by atoms with Crippen LogP contribution in [-0.2, 0) is 9.53 Å². The first-order chi connectivity index (χ1) is 14.6. The Labute approximate surface area is 192 Å². The Bertz CT molecular complexity index is 1050. The molecule has 3 aromatic rings. The van der Waals surface area contributed by atoms with Gasteiger partial charge in [-0.3, -0.25) is 4.79 Å². The van der Waals surface area contributed by atoms with E-state index in [2.05, 4.69) is 42.1 Å². The van der Waals surface area contributed by atoms with Crippen molar-refractivity contribution in [1.82, 2.24) is 0 Å². The summed E-state index contributed by atoms with van der Waals surface area (Å²) >= 11 is 7.03. The minimum absolute atomic E-state index is 0.220. The number of benzene rings is 2. The lowest BCUT2D eigenvalue weighted by Crippen LogP contribution is -2.36. The van der Waals surface area contributed by atoms with Crippen molar-refractivity contribution in [1.29, 1.82) is 0 Å². The van der Waals surface area contributed by atoms with E-state index in [0.29, 0.717) is 5.76 Å². The van der Waals surface area contributed by atoms with E-state index in [9.17, 15) is 4.79 Å². The zero-order valence-corrected chi connectivity index (χ0v) is 19.3. The van der Waals surface area contributed by atoms with E-state index in [4.69, 9.17) is 9.15 Å². The van der Waals surface area contributed by atoms with Crippen molar-refractivity contribution in [3.8, 4) is 11.3 Å². The van der Waals surface area contributed by atoms with Crippen LogP contribution in [0.15, 0.2) is 74.0 Å². The van der Waals surface area contributed by atoms with E-state index >= 15 is 0 Å². The summed E-state index contributed by atoms with van der Waals surface area (Å²) in [6.45, 7) is 3.18. The summed E-state index contributed by atoms with van der Waals surface area (Å²) < 4.78 is 13.2. The Morgan fingerprint density at radius 1 is 1.00 bits per heavy atom. The number of morpholine rings is 1. The molecule has 0 bridgehead atoms. The molecule has 1 amide bonds. The van der Waals surface area contributed by atoms with E-state index in [1.54, 1.807) is 6.08 Å². The number of nitrogens with one attached hydrogen (secondary N) is 1. The van der Waals surface area contributed by atoms with Crippen LogP contribution in [0, 0.1) is 0 Å². The molecule has 7 heteroatoms. The van der Waals surface area contributed by atoms with Crippen molar-refractivity contribution in [2.24, 2.45) is 0 Å². The van der Waals surface area contributed by atoms with Crippen molar-refractivity contribution < 1.29 is 13.9 Å². The summed E-state index contributed by atoms with van der Waals surface area (Å²) in [6, 6.07) is 17.4. The number of carbonyl (C=O) groups is 1. The Kier molecular flexibility index (Phi) is 6.72. The van der Waals surface area contributed by atoms with Crippen LogP contribution < -0.4 is 10.2 Å². The number of carbonyl (C=O) groups excluding carboxylic acids is 1. The third-order valence-electron chi connectivity index (χ3n) is 4.72. The van der Waals surface area contributed by atoms with Crippen molar-refractivity contribution in [3.63, 3.8) is 0 Å². The second kappa shape index (κ2) is 9.64. The van der Waals surface area contributed by atoms with Crippen LogP contribution in [0.1, 0.15) is 5.76 Å². The number of anilines is 2. The first-order valence-corrected chi connectivity index (χ1v) is 11.1. The molecule has 1 aromatic heterocycles. The molecule has 1 fully saturated rings. The molecule has 0 atom stereocenters. The fourth-order valence-electron chi connectivity index (χ4n) is 3.20. The largest absolute Gasteiger partial charge is 0.457 e. The van der Waals surface area contributed by atoms with Gasteiger partial charge in [0.25, 0.3) is 0 Å². The first kappa shape index (κ1) is 20.9. The molecule has 1 aliphatic heterocycles. The van der Waals surface area contributed by atoms with Crippen LogP contribution in [0.25, 0.3) is 17.4 Å². The monoisotopic (exact) mass is 530 g/mol. The van der Waals surface area contributed by atoms with E-state index in [0.717, 1.165) is 57.9 Å². The van der Waals surface area contributed by atoms with Crippen LogP contribution in [0.3, 0.4) is 0 Å². The van der Waals surface area contributed by atoms with Gasteiger partial charge >= 0.3 is 0 Å². The molecule has 30 heavy (non-hydrogen) atoms. The maximum atomic E-state index is 12.3. The number of hydrogen-bond donors (Lipinski definition) is 1. The van der Waals surface area contributed by atoms with Gasteiger partial charge in [0.15, 0.2) is 0 Å². The summed E-state index contributed by atoms with van der Waals surface area (Å²) in [5.41, 5.74) is 2.80. The first-order valence-electron chi connectivity index (χ1n) is 9.55. The van der Waals surface area contributed by atoms with E-state index in [1.165, 1.54) is 6.08 Å². The zero-order chi connectivity index (χ0) is 20.9. The van der Waals surface area contributed by atoms with Crippen LogP contribution in [0.2, 0.25) is 0 Å². The maximum absolute atomic E-state index is 12.3. The average molecular weight is 532 g/mol.